The van der Waals surface area contributed by atoms with Crippen LogP contribution in [-0.2, 0) is 9.53 Å². The summed E-state index contributed by atoms with van der Waals surface area (Å²) < 4.78 is 40.2. The first kappa shape index (κ1) is 12.6. The molecule has 0 saturated carbocycles. The van der Waals surface area contributed by atoms with Crippen molar-refractivity contribution < 1.29 is 32.6 Å². The van der Waals surface area contributed by atoms with Gasteiger partial charge >= 0.3 is 18.2 Å². The maximum Gasteiger partial charge on any atom is 0.409 e. The van der Waals surface area contributed by atoms with Gasteiger partial charge in [0, 0.05) is 13.1 Å². The van der Waals surface area contributed by atoms with Crippen molar-refractivity contribution in [3.63, 3.8) is 0 Å². The smallest absolute Gasteiger partial charge is 0.409 e. The summed E-state index contributed by atoms with van der Waals surface area (Å²) in [6, 6.07) is 0. The van der Waals surface area contributed by atoms with Crippen LogP contribution in [0.5, 0.6) is 0 Å². The van der Waals surface area contributed by atoms with Gasteiger partial charge in [0.15, 0.2) is 0 Å². The minimum atomic E-state index is -4.38. The summed E-state index contributed by atoms with van der Waals surface area (Å²) in [5.41, 5.74) is 0. The lowest BCUT2D eigenvalue weighted by Gasteiger charge is -2.30. The maximum absolute atomic E-state index is 11.9. The van der Waals surface area contributed by atoms with E-state index in [1.54, 1.807) is 0 Å². The van der Waals surface area contributed by atoms with Crippen LogP contribution in [0.1, 0.15) is 6.42 Å². The van der Waals surface area contributed by atoms with Crippen molar-refractivity contribution in [2.45, 2.75) is 12.6 Å². The predicted octanol–water partition coefficient (Wildman–Crippen LogP) is 1.09. The molecule has 1 atom stereocenters. The van der Waals surface area contributed by atoms with Crippen molar-refractivity contribution >= 4 is 12.1 Å². The van der Waals surface area contributed by atoms with Gasteiger partial charge < -0.3 is 14.7 Å². The van der Waals surface area contributed by atoms with Gasteiger partial charge in [0.25, 0.3) is 0 Å². The van der Waals surface area contributed by atoms with Gasteiger partial charge in [-0.3, -0.25) is 4.79 Å². The molecule has 1 aliphatic heterocycles. The van der Waals surface area contributed by atoms with E-state index in [1.165, 1.54) is 0 Å². The molecule has 0 aromatic carbocycles. The number of carboxylic acids is 1. The SMILES string of the molecule is O=C(O)C1COC(=O)N(CCC(F)(F)F)C1. The molecule has 0 radical (unpaired) electrons. The lowest BCUT2D eigenvalue weighted by Crippen LogP contribution is -2.46. The third-order valence-corrected chi connectivity index (χ3v) is 2.12. The molecule has 0 aliphatic carbocycles. The van der Waals surface area contributed by atoms with Gasteiger partial charge in [-0.15, -0.1) is 0 Å². The number of aliphatic carboxylic acids is 1. The van der Waals surface area contributed by atoms with Crippen LogP contribution < -0.4 is 0 Å². The standard InChI is InChI=1S/C8H10F3NO4/c9-8(10,11)1-2-12-3-5(6(13)14)4-16-7(12)15/h5H,1-4H2,(H,13,14). The van der Waals surface area contributed by atoms with Gasteiger partial charge in [0.2, 0.25) is 0 Å². The summed E-state index contributed by atoms with van der Waals surface area (Å²) in [6.07, 6.45) is -6.45. The van der Waals surface area contributed by atoms with Gasteiger partial charge in [-0.05, 0) is 0 Å². The lowest BCUT2D eigenvalue weighted by molar-refractivity contribution is -0.147. The fourth-order valence-electron chi connectivity index (χ4n) is 1.25. The summed E-state index contributed by atoms with van der Waals surface area (Å²) >= 11 is 0. The highest BCUT2D eigenvalue weighted by atomic mass is 19.4. The number of carboxylic acid groups (broad SMARTS) is 1. The summed E-state index contributed by atoms with van der Waals surface area (Å²) in [5.74, 6) is -2.16. The van der Waals surface area contributed by atoms with Crippen LogP contribution in [0, 0.1) is 5.92 Å². The molecule has 1 saturated heterocycles. The Balaban J connectivity index is 2.50. The largest absolute Gasteiger partial charge is 0.481 e. The molecule has 0 aromatic heterocycles. The van der Waals surface area contributed by atoms with E-state index in [4.69, 9.17) is 5.11 Å². The molecule has 1 amide bonds. The second-order valence-electron chi connectivity index (χ2n) is 3.42. The van der Waals surface area contributed by atoms with Crippen LogP contribution in [0.25, 0.3) is 0 Å². The molecule has 5 nitrogen and oxygen atoms in total. The van der Waals surface area contributed by atoms with Gasteiger partial charge in [-0.1, -0.05) is 0 Å². The van der Waals surface area contributed by atoms with E-state index in [0.717, 1.165) is 4.90 Å². The van der Waals surface area contributed by atoms with E-state index in [0.29, 0.717) is 0 Å². The molecule has 16 heavy (non-hydrogen) atoms. The van der Waals surface area contributed by atoms with Crippen LogP contribution in [0.3, 0.4) is 0 Å². The molecule has 1 N–H and O–H groups in total. The molecule has 92 valence electrons. The van der Waals surface area contributed by atoms with Crippen LogP contribution in [0.4, 0.5) is 18.0 Å². The van der Waals surface area contributed by atoms with Gasteiger partial charge in [0.1, 0.15) is 12.5 Å². The molecular weight excluding hydrogens is 231 g/mol. The number of alkyl halides is 3. The fourth-order valence-corrected chi connectivity index (χ4v) is 1.25. The Morgan fingerprint density at radius 2 is 2.19 bits per heavy atom. The number of rotatable bonds is 3. The van der Waals surface area contributed by atoms with Crippen molar-refractivity contribution in [3.8, 4) is 0 Å². The zero-order valence-electron chi connectivity index (χ0n) is 8.16. The monoisotopic (exact) mass is 241 g/mol. The summed E-state index contributed by atoms with van der Waals surface area (Å²) in [5, 5.41) is 8.63. The summed E-state index contributed by atoms with van der Waals surface area (Å²) in [4.78, 5) is 22.3. The van der Waals surface area contributed by atoms with Gasteiger partial charge in [-0.2, -0.15) is 13.2 Å². The average Bonchev–Trinajstić information content (AvgIpc) is 2.14. The van der Waals surface area contributed by atoms with Crippen molar-refractivity contribution in [1.29, 1.82) is 0 Å². The number of carbonyl (C=O) groups is 2. The second kappa shape index (κ2) is 4.58. The second-order valence-corrected chi connectivity index (χ2v) is 3.42. The Morgan fingerprint density at radius 3 is 2.69 bits per heavy atom. The number of carbonyl (C=O) groups excluding carboxylic acids is 1. The first-order chi connectivity index (χ1) is 7.29. The fraction of sp³-hybridized carbons (Fsp3) is 0.750. The van der Waals surface area contributed by atoms with E-state index in [-0.39, 0.29) is 13.2 Å². The first-order valence-electron chi connectivity index (χ1n) is 4.51. The van der Waals surface area contributed by atoms with Crippen molar-refractivity contribution in [2.24, 2.45) is 5.92 Å². The lowest BCUT2D eigenvalue weighted by atomic mass is 10.1. The minimum absolute atomic E-state index is 0.246. The number of hydrogen-bond donors (Lipinski definition) is 1. The summed E-state index contributed by atoms with van der Waals surface area (Å²) in [7, 11) is 0. The van der Waals surface area contributed by atoms with E-state index < -0.39 is 37.1 Å². The Labute approximate surface area is 88.8 Å². The Kier molecular flexibility index (Phi) is 3.61. The number of amides is 1. The molecule has 8 heteroatoms. The normalized spacial score (nSPS) is 21.8. The van der Waals surface area contributed by atoms with Crippen LogP contribution >= 0.6 is 0 Å². The molecule has 1 fully saturated rings. The molecule has 1 rings (SSSR count). The molecule has 0 aromatic rings. The third kappa shape index (κ3) is 3.59. The quantitative estimate of drug-likeness (QED) is 0.803. The molecule has 1 heterocycles. The molecule has 1 unspecified atom stereocenters. The number of halogens is 3. The predicted molar refractivity (Wildman–Crippen MR) is 44.7 cm³/mol. The Bertz CT molecular complexity index is 291. The van der Waals surface area contributed by atoms with Crippen LogP contribution in [0.2, 0.25) is 0 Å². The molecular formula is C8H10F3NO4. The highest BCUT2D eigenvalue weighted by Crippen LogP contribution is 2.21. The number of hydrogen-bond acceptors (Lipinski definition) is 3. The first-order valence-corrected chi connectivity index (χ1v) is 4.51. The van der Waals surface area contributed by atoms with E-state index in [2.05, 4.69) is 4.74 Å². The highest BCUT2D eigenvalue weighted by molar-refractivity contribution is 5.75. The van der Waals surface area contributed by atoms with Crippen LogP contribution in [-0.4, -0.2) is 47.9 Å². The van der Waals surface area contributed by atoms with E-state index >= 15 is 0 Å². The third-order valence-electron chi connectivity index (χ3n) is 2.12. The maximum atomic E-state index is 11.9. The van der Waals surface area contributed by atoms with Crippen molar-refractivity contribution in [3.05, 3.63) is 0 Å². The molecule has 0 spiro atoms. The van der Waals surface area contributed by atoms with E-state index in [1.807, 2.05) is 0 Å². The van der Waals surface area contributed by atoms with Gasteiger partial charge in [-0.25, -0.2) is 4.79 Å². The number of nitrogens with zero attached hydrogens (tertiary/aromatic N) is 1. The minimum Gasteiger partial charge on any atom is -0.481 e. The molecule has 0 bridgehead atoms. The zero-order valence-corrected chi connectivity index (χ0v) is 8.16. The topological polar surface area (TPSA) is 66.8 Å². The number of cyclic esters (lactones) is 1. The highest BCUT2D eigenvalue weighted by Gasteiger charge is 2.34. The van der Waals surface area contributed by atoms with Crippen molar-refractivity contribution in [2.75, 3.05) is 19.7 Å². The van der Waals surface area contributed by atoms with Crippen LogP contribution in [0.15, 0.2) is 0 Å². The number of ether oxygens (including phenoxy) is 1. The van der Waals surface area contributed by atoms with Gasteiger partial charge in [0.05, 0.1) is 6.42 Å². The summed E-state index contributed by atoms with van der Waals surface area (Å²) in [6.45, 7) is -1.12. The zero-order chi connectivity index (χ0) is 12.3. The Morgan fingerprint density at radius 1 is 1.56 bits per heavy atom. The van der Waals surface area contributed by atoms with E-state index in [9.17, 15) is 22.8 Å². The average molecular weight is 241 g/mol. The molecule has 1 aliphatic rings. The Hall–Kier alpha value is -1.47. The van der Waals surface area contributed by atoms with Crippen molar-refractivity contribution in [1.82, 2.24) is 4.90 Å².